The number of rotatable bonds is 5. The molecule has 36 heavy (non-hydrogen) atoms. The summed E-state index contributed by atoms with van der Waals surface area (Å²) < 4.78 is 26.2. The lowest BCUT2D eigenvalue weighted by Crippen LogP contribution is -2.40. The Bertz CT molecular complexity index is 1380. The lowest BCUT2D eigenvalue weighted by molar-refractivity contribution is -0.118. The van der Waals surface area contributed by atoms with E-state index in [0.29, 0.717) is 65.9 Å². The Morgan fingerprint density at radius 1 is 1.08 bits per heavy atom. The van der Waals surface area contributed by atoms with Crippen LogP contribution in [-0.4, -0.2) is 48.1 Å². The van der Waals surface area contributed by atoms with E-state index in [1.54, 1.807) is 35.5 Å². The fraction of sp³-hybridized carbons (Fsp3) is 0.308. The van der Waals surface area contributed by atoms with Gasteiger partial charge in [0.05, 0.1) is 30.7 Å². The standard InChI is InChI=1S/C26H24FN5O4/c1-35-22-11-23(30-16-10-21-26(29-12-16)36-14-17-5-7-25(34)32(17)21)28-13-18(22)15-4-6-20(19(27)9-15)31-8-2-3-24(31)33/h4,6,9-13,17H,2-3,5,7-8,14H2,1H3,(H,28,30). The minimum Gasteiger partial charge on any atom is -0.496 e. The molecule has 2 saturated heterocycles. The Kier molecular flexibility index (Phi) is 5.43. The van der Waals surface area contributed by atoms with Gasteiger partial charge in [-0.1, -0.05) is 6.07 Å². The smallest absolute Gasteiger partial charge is 0.238 e. The SMILES string of the molecule is COc1cc(Nc2cnc3c(c2)N2C(=O)CCC2CO3)ncc1-c1ccc(N2CCCC2=O)c(F)c1. The van der Waals surface area contributed by atoms with E-state index in [9.17, 15) is 14.0 Å². The van der Waals surface area contributed by atoms with Gasteiger partial charge in [-0.3, -0.25) is 9.59 Å². The molecule has 3 aliphatic rings. The van der Waals surface area contributed by atoms with Crippen molar-refractivity contribution in [3.05, 3.63) is 48.5 Å². The summed E-state index contributed by atoms with van der Waals surface area (Å²) in [6.07, 6.45) is 5.66. The summed E-state index contributed by atoms with van der Waals surface area (Å²) in [5, 5.41) is 3.20. The highest BCUT2D eigenvalue weighted by Crippen LogP contribution is 2.40. The Balaban J connectivity index is 1.26. The second-order valence-electron chi connectivity index (χ2n) is 9.03. The van der Waals surface area contributed by atoms with Crippen LogP contribution in [-0.2, 0) is 9.59 Å². The Labute approximate surface area is 206 Å². The first-order valence-electron chi connectivity index (χ1n) is 11.9. The molecule has 9 nitrogen and oxygen atoms in total. The van der Waals surface area contributed by atoms with Crippen molar-refractivity contribution in [2.75, 3.05) is 35.4 Å². The summed E-state index contributed by atoms with van der Waals surface area (Å²) in [4.78, 5) is 36.5. The van der Waals surface area contributed by atoms with Crippen molar-refractivity contribution in [1.82, 2.24) is 9.97 Å². The zero-order valence-electron chi connectivity index (χ0n) is 19.7. The molecule has 1 aromatic carbocycles. The molecule has 3 aliphatic heterocycles. The van der Waals surface area contributed by atoms with E-state index in [4.69, 9.17) is 9.47 Å². The molecule has 10 heteroatoms. The van der Waals surface area contributed by atoms with Crippen molar-refractivity contribution < 1.29 is 23.5 Å². The quantitative estimate of drug-likeness (QED) is 0.578. The molecule has 1 N–H and O–H groups in total. The van der Waals surface area contributed by atoms with Gasteiger partial charge in [0.2, 0.25) is 17.7 Å². The summed E-state index contributed by atoms with van der Waals surface area (Å²) in [7, 11) is 1.53. The highest BCUT2D eigenvalue weighted by Gasteiger charge is 2.38. The number of nitrogens with zero attached hydrogens (tertiary/aromatic N) is 4. The van der Waals surface area contributed by atoms with Gasteiger partial charge in [-0.15, -0.1) is 0 Å². The largest absolute Gasteiger partial charge is 0.496 e. The zero-order valence-corrected chi connectivity index (χ0v) is 19.7. The fourth-order valence-electron chi connectivity index (χ4n) is 5.04. The van der Waals surface area contributed by atoms with E-state index >= 15 is 0 Å². The summed E-state index contributed by atoms with van der Waals surface area (Å²) in [6.45, 7) is 0.977. The number of benzene rings is 1. The number of ether oxygens (including phenoxy) is 2. The number of aromatic nitrogens is 2. The highest BCUT2D eigenvalue weighted by molar-refractivity contribution is 5.98. The van der Waals surface area contributed by atoms with Crippen molar-refractivity contribution in [3.8, 4) is 22.8 Å². The molecule has 0 radical (unpaired) electrons. The number of anilines is 4. The fourth-order valence-corrected chi connectivity index (χ4v) is 5.04. The van der Waals surface area contributed by atoms with Crippen LogP contribution in [0.15, 0.2) is 42.7 Å². The summed E-state index contributed by atoms with van der Waals surface area (Å²) in [5.41, 5.74) is 2.78. The average Bonchev–Trinajstić information content (AvgIpc) is 3.49. The van der Waals surface area contributed by atoms with Crippen LogP contribution < -0.4 is 24.6 Å². The molecule has 6 rings (SSSR count). The minimum atomic E-state index is -0.468. The number of hydrogen-bond donors (Lipinski definition) is 1. The van der Waals surface area contributed by atoms with Crippen molar-refractivity contribution in [3.63, 3.8) is 0 Å². The van der Waals surface area contributed by atoms with Gasteiger partial charge in [0.25, 0.3) is 0 Å². The third kappa shape index (κ3) is 3.78. The summed E-state index contributed by atoms with van der Waals surface area (Å²) in [6, 6.07) is 8.35. The van der Waals surface area contributed by atoms with Crippen LogP contribution in [0.4, 0.5) is 27.3 Å². The first kappa shape index (κ1) is 22.3. The first-order valence-corrected chi connectivity index (χ1v) is 11.9. The van der Waals surface area contributed by atoms with E-state index in [1.165, 1.54) is 18.1 Å². The van der Waals surface area contributed by atoms with Gasteiger partial charge in [0, 0.05) is 37.2 Å². The maximum Gasteiger partial charge on any atom is 0.238 e. The van der Waals surface area contributed by atoms with Gasteiger partial charge >= 0.3 is 0 Å². The molecule has 1 unspecified atom stereocenters. The molecular weight excluding hydrogens is 465 g/mol. The molecule has 5 heterocycles. The van der Waals surface area contributed by atoms with E-state index in [-0.39, 0.29) is 23.5 Å². The van der Waals surface area contributed by atoms with Crippen LogP contribution in [0.3, 0.4) is 0 Å². The van der Waals surface area contributed by atoms with Crippen LogP contribution in [0, 0.1) is 5.82 Å². The molecule has 2 aromatic heterocycles. The van der Waals surface area contributed by atoms with Crippen molar-refractivity contribution in [2.45, 2.75) is 31.7 Å². The van der Waals surface area contributed by atoms with Crippen LogP contribution in [0.5, 0.6) is 11.6 Å². The monoisotopic (exact) mass is 489 g/mol. The van der Waals surface area contributed by atoms with Crippen LogP contribution in [0.2, 0.25) is 0 Å². The van der Waals surface area contributed by atoms with Gasteiger partial charge in [0.1, 0.15) is 29.7 Å². The molecule has 2 fully saturated rings. The average molecular weight is 490 g/mol. The van der Waals surface area contributed by atoms with Crippen LogP contribution in [0.1, 0.15) is 25.7 Å². The maximum atomic E-state index is 14.9. The molecular formula is C26H24FN5O4. The topological polar surface area (TPSA) is 96.9 Å². The van der Waals surface area contributed by atoms with Crippen molar-refractivity contribution in [2.24, 2.45) is 0 Å². The Morgan fingerprint density at radius 2 is 1.97 bits per heavy atom. The van der Waals surface area contributed by atoms with Gasteiger partial charge in [0.15, 0.2) is 0 Å². The van der Waals surface area contributed by atoms with Crippen molar-refractivity contribution in [1.29, 1.82) is 0 Å². The molecule has 3 aromatic rings. The van der Waals surface area contributed by atoms with Crippen LogP contribution >= 0.6 is 0 Å². The van der Waals surface area contributed by atoms with Crippen LogP contribution in [0.25, 0.3) is 11.1 Å². The van der Waals surface area contributed by atoms with E-state index in [1.807, 2.05) is 6.07 Å². The molecule has 0 spiro atoms. The molecule has 0 aliphatic carbocycles. The molecule has 2 amide bonds. The number of amides is 2. The van der Waals surface area contributed by atoms with E-state index < -0.39 is 5.82 Å². The van der Waals surface area contributed by atoms with Gasteiger partial charge in [-0.25, -0.2) is 14.4 Å². The molecule has 0 saturated carbocycles. The number of carbonyl (C=O) groups is 2. The predicted octanol–water partition coefficient (Wildman–Crippen LogP) is 4.05. The minimum absolute atomic E-state index is 0.0370. The van der Waals surface area contributed by atoms with Gasteiger partial charge in [-0.05, 0) is 36.6 Å². The highest BCUT2D eigenvalue weighted by atomic mass is 19.1. The number of fused-ring (bicyclic) bond motifs is 3. The summed E-state index contributed by atoms with van der Waals surface area (Å²) >= 11 is 0. The van der Waals surface area contributed by atoms with E-state index in [2.05, 4.69) is 15.3 Å². The Hall–Kier alpha value is -4.21. The molecule has 184 valence electrons. The third-order valence-electron chi connectivity index (χ3n) is 6.81. The zero-order chi connectivity index (χ0) is 24.8. The number of carbonyl (C=O) groups excluding carboxylic acids is 2. The number of hydrogen-bond acceptors (Lipinski definition) is 7. The number of halogens is 1. The Morgan fingerprint density at radius 3 is 2.75 bits per heavy atom. The number of nitrogens with one attached hydrogen (secondary N) is 1. The maximum absolute atomic E-state index is 14.9. The normalized spacial score (nSPS) is 18.7. The second kappa shape index (κ2) is 8.78. The number of pyridine rings is 2. The summed E-state index contributed by atoms with van der Waals surface area (Å²) in [5.74, 6) is 0.974. The van der Waals surface area contributed by atoms with Crippen molar-refractivity contribution >= 4 is 34.7 Å². The predicted molar refractivity (Wildman–Crippen MR) is 131 cm³/mol. The molecule has 0 bridgehead atoms. The molecule has 1 atom stereocenters. The lowest BCUT2D eigenvalue weighted by Gasteiger charge is -2.31. The van der Waals surface area contributed by atoms with Gasteiger partial charge < -0.3 is 24.6 Å². The van der Waals surface area contributed by atoms with E-state index in [0.717, 1.165) is 12.8 Å². The third-order valence-corrected chi connectivity index (χ3v) is 6.81. The first-order chi connectivity index (χ1) is 17.5. The second-order valence-corrected chi connectivity index (χ2v) is 9.03. The van der Waals surface area contributed by atoms with Gasteiger partial charge in [-0.2, -0.15) is 0 Å². The number of methoxy groups -OCH3 is 1. The lowest BCUT2D eigenvalue weighted by atomic mass is 10.1.